The molecule has 0 bridgehead atoms. The zero-order chi connectivity index (χ0) is 9.19. The summed E-state index contributed by atoms with van der Waals surface area (Å²) in [5, 5.41) is 1.34. The Balaban J connectivity index is 3.07. The maximum atomic E-state index is 5.49. The van der Waals surface area contributed by atoms with Gasteiger partial charge in [-0.05, 0) is 39.9 Å². The Morgan fingerprint density at radius 3 is 2.17 bits per heavy atom. The second-order valence-electron chi connectivity index (χ2n) is 3.28. The summed E-state index contributed by atoms with van der Waals surface area (Å²) in [5.74, 6) is 0. The van der Waals surface area contributed by atoms with Crippen molar-refractivity contribution in [2.24, 2.45) is 0 Å². The molecule has 0 saturated heterocycles. The van der Waals surface area contributed by atoms with Gasteiger partial charge in [0.1, 0.15) is 0 Å². The number of halogens is 1. The lowest BCUT2D eigenvalue weighted by Gasteiger charge is -2.14. The van der Waals surface area contributed by atoms with Crippen molar-refractivity contribution in [1.29, 1.82) is 0 Å². The quantitative estimate of drug-likeness (QED) is 0.422. The minimum Gasteiger partial charge on any atom is -0.129 e. The average molecular weight is 286 g/mol. The van der Waals surface area contributed by atoms with Crippen LogP contribution >= 0.6 is 22.6 Å². The maximum absolute atomic E-state index is 5.49. The lowest BCUT2D eigenvalue weighted by molar-refractivity contribution is 1.66. The Hall–Kier alpha value is -0.273. The third kappa shape index (κ3) is 2.11. The van der Waals surface area contributed by atoms with Gasteiger partial charge in [0, 0.05) is 3.57 Å². The number of hydrogen-bond donors (Lipinski definition) is 0. The molecule has 0 fully saturated rings. The fourth-order valence-corrected chi connectivity index (χ4v) is 2.48. The van der Waals surface area contributed by atoms with Gasteiger partial charge in [-0.1, -0.05) is 25.2 Å². The molecule has 0 N–H and O–H groups in total. The molecule has 1 aromatic rings. The SMILES string of the molecule is C#C[Si](C)(C)c1ccc(I)cc1. The number of benzene rings is 1. The normalized spacial score (nSPS) is 10.8. The summed E-state index contributed by atoms with van der Waals surface area (Å²) >= 11 is 2.30. The molecule has 0 aromatic heterocycles. The first kappa shape index (κ1) is 9.81. The van der Waals surface area contributed by atoms with E-state index in [-0.39, 0.29) is 0 Å². The zero-order valence-electron chi connectivity index (χ0n) is 7.26. The van der Waals surface area contributed by atoms with Crippen LogP contribution in [0, 0.1) is 15.5 Å². The highest BCUT2D eigenvalue weighted by molar-refractivity contribution is 14.1. The number of terminal acetylenes is 1. The summed E-state index contributed by atoms with van der Waals surface area (Å²) in [7, 11) is -1.55. The minimum atomic E-state index is -1.55. The average Bonchev–Trinajstić information content (AvgIpc) is 2.05. The molecule has 0 aliphatic carbocycles. The topological polar surface area (TPSA) is 0 Å². The molecule has 0 atom stereocenters. The highest BCUT2D eigenvalue weighted by Gasteiger charge is 2.19. The van der Waals surface area contributed by atoms with E-state index in [2.05, 4.69) is 65.5 Å². The van der Waals surface area contributed by atoms with Gasteiger partial charge in [-0.25, -0.2) is 0 Å². The summed E-state index contributed by atoms with van der Waals surface area (Å²) in [4.78, 5) is 0. The van der Waals surface area contributed by atoms with Crippen LogP contribution in [-0.4, -0.2) is 8.07 Å². The minimum absolute atomic E-state index is 1.26. The van der Waals surface area contributed by atoms with Crippen molar-refractivity contribution >= 4 is 35.9 Å². The Morgan fingerprint density at radius 1 is 1.25 bits per heavy atom. The van der Waals surface area contributed by atoms with Crippen LogP contribution in [0.5, 0.6) is 0 Å². The third-order valence-electron chi connectivity index (χ3n) is 1.93. The van der Waals surface area contributed by atoms with Crippen LogP contribution in [-0.2, 0) is 0 Å². The van der Waals surface area contributed by atoms with E-state index in [1.807, 2.05) is 0 Å². The molecule has 2 heteroatoms. The summed E-state index contributed by atoms with van der Waals surface area (Å²) in [6, 6.07) is 8.52. The summed E-state index contributed by atoms with van der Waals surface area (Å²) in [6.07, 6.45) is 5.49. The van der Waals surface area contributed by atoms with Crippen molar-refractivity contribution in [3.05, 3.63) is 27.8 Å². The van der Waals surface area contributed by atoms with Crippen LogP contribution in [0.25, 0.3) is 0 Å². The van der Waals surface area contributed by atoms with E-state index < -0.39 is 8.07 Å². The third-order valence-corrected chi connectivity index (χ3v) is 5.14. The van der Waals surface area contributed by atoms with Crippen LogP contribution in [0.4, 0.5) is 0 Å². The van der Waals surface area contributed by atoms with Gasteiger partial charge >= 0.3 is 0 Å². The number of rotatable bonds is 1. The van der Waals surface area contributed by atoms with Gasteiger partial charge in [0.05, 0.1) is 0 Å². The standard InChI is InChI=1S/C10H11ISi/c1-4-12(2,3)10-7-5-9(11)6-8-10/h1,5-8H,2-3H3. The lowest BCUT2D eigenvalue weighted by Crippen LogP contribution is -2.39. The van der Waals surface area contributed by atoms with Crippen molar-refractivity contribution in [3.8, 4) is 12.0 Å². The van der Waals surface area contributed by atoms with Crippen LogP contribution in [0.2, 0.25) is 13.1 Å². The fourth-order valence-electron chi connectivity index (χ4n) is 0.950. The van der Waals surface area contributed by atoms with E-state index in [1.165, 1.54) is 8.76 Å². The second-order valence-corrected chi connectivity index (χ2v) is 8.64. The van der Waals surface area contributed by atoms with E-state index in [0.717, 1.165) is 0 Å². The van der Waals surface area contributed by atoms with Crippen molar-refractivity contribution in [3.63, 3.8) is 0 Å². The lowest BCUT2D eigenvalue weighted by atomic mass is 10.4. The molecule has 0 amide bonds. The van der Waals surface area contributed by atoms with Crippen molar-refractivity contribution < 1.29 is 0 Å². The van der Waals surface area contributed by atoms with E-state index in [0.29, 0.717) is 0 Å². The Bertz CT molecular complexity index is 306. The molecule has 0 saturated carbocycles. The first-order valence-corrected chi connectivity index (χ1v) is 7.88. The summed E-state index contributed by atoms with van der Waals surface area (Å²) < 4.78 is 1.26. The molecular weight excluding hydrogens is 275 g/mol. The van der Waals surface area contributed by atoms with E-state index in [9.17, 15) is 0 Å². The second kappa shape index (κ2) is 3.63. The van der Waals surface area contributed by atoms with Crippen LogP contribution in [0.3, 0.4) is 0 Å². The molecule has 12 heavy (non-hydrogen) atoms. The Labute approximate surface area is 88.5 Å². The highest BCUT2D eigenvalue weighted by Crippen LogP contribution is 2.05. The molecule has 0 nitrogen and oxygen atoms in total. The largest absolute Gasteiger partial charge is 0.162 e. The van der Waals surface area contributed by atoms with Crippen LogP contribution in [0.1, 0.15) is 0 Å². The van der Waals surface area contributed by atoms with Gasteiger partial charge in [0.15, 0.2) is 8.07 Å². The van der Waals surface area contributed by atoms with Crippen LogP contribution in [0.15, 0.2) is 24.3 Å². The molecule has 1 aromatic carbocycles. The van der Waals surface area contributed by atoms with Gasteiger partial charge in [-0.2, -0.15) is 0 Å². The van der Waals surface area contributed by atoms with E-state index >= 15 is 0 Å². The summed E-state index contributed by atoms with van der Waals surface area (Å²) in [6.45, 7) is 4.38. The van der Waals surface area contributed by atoms with Crippen molar-refractivity contribution in [1.82, 2.24) is 0 Å². The molecular formula is C10H11ISi. The van der Waals surface area contributed by atoms with Gasteiger partial charge in [0.25, 0.3) is 0 Å². The first-order chi connectivity index (χ1) is 5.56. The van der Waals surface area contributed by atoms with Crippen molar-refractivity contribution in [2.45, 2.75) is 13.1 Å². The zero-order valence-corrected chi connectivity index (χ0v) is 10.4. The molecule has 62 valence electrons. The van der Waals surface area contributed by atoms with Gasteiger partial charge in [-0.15, -0.1) is 12.0 Å². The highest BCUT2D eigenvalue weighted by atomic mass is 127. The smallest absolute Gasteiger partial charge is 0.129 e. The first-order valence-electron chi connectivity index (χ1n) is 3.80. The molecule has 0 unspecified atom stereocenters. The van der Waals surface area contributed by atoms with E-state index in [1.54, 1.807) is 0 Å². The van der Waals surface area contributed by atoms with Crippen molar-refractivity contribution in [2.75, 3.05) is 0 Å². The monoisotopic (exact) mass is 286 g/mol. The maximum Gasteiger partial charge on any atom is 0.162 e. The van der Waals surface area contributed by atoms with E-state index in [4.69, 9.17) is 6.42 Å². The molecule has 0 aliphatic heterocycles. The van der Waals surface area contributed by atoms with Crippen LogP contribution < -0.4 is 5.19 Å². The Morgan fingerprint density at radius 2 is 1.75 bits per heavy atom. The van der Waals surface area contributed by atoms with Gasteiger partial charge in [0.2, 0.25) is 0 Å². The van der Waals surface area contributed by atoms with Gasteiger partial charge < -0.3 is 0 Å². The predicted molar refractivity (Wildman–Crippen MR) is 65.1 cm³/mol. The van der Waals surface area contributed by atoms with Gasteiger partial charge in [-0.3, -0.25) is 0 Å². The molecule has 0 radical (unpaired) electrons. The Kier molecular flexibility index (Phi) is 2.97. The molecule has 0 heterocycles. The molecule has 1 rings (SSSR count). The number of hydrogen-bond acceptors (Lipinski definition) is 0. The summed E-state index contributed by atoms with van der Waals surface area (Å²) in [5.41, 5.74) is 2.91. The fraction of sp³-hybridized carbons (Fsp3) is 0.200. The predicted octanol–water partition coefficient (Wildman–Crippen LogP) is 2.38. The molecule has 0 spiro atoms. The molecule has 0 aliphatic rings.